The molecule has 1 fully saturated rings. The van der Waals surface area contributed by atoms with Crippen LogP contribution in [0, 0.1) is 0 Å². The van der Waals surface area contributed by atoms with Crippen LogP contribution in [0.3, 0.4) is 0 Å². The Kier molecular flexibility index (Phi) is 4.62. The molecule has 0 N–H and O–H groups in total. The third-order valence-corrected chi connectivity index (χ3v) is 5.96. The summed E-state index contributed by atoms with van der Waals surface area (Å²) in [5, 5.41) is 2.58. The molecule has 3 aromatic rings. The Morgan fingerprint density at radius 1 is 0.655 bits per heavy atom. The molecule has 1 saturated heterocycles. The first-order chi connectivity index (χ1) is 14.2. The summed E-state index contributed by atoms with van der Waals surface area (Å²) in [4.78, 5) is 31.2. The number of hydrogen-bond donors (Lipinski definition) is 0. The second kappa shape index (κ2) is 7.43. The van der Waals surface area contributed by atoms with Crippen molar-refractivity contribution in [2.75, 3.05) is 32.8 Å². The number of carbonyl (C=O) groups excluding carboxylic acids is 2. The number of rotatable bonds is 4. The third kappa shape index (κ3) is 3.33. The van der Waals surface area contributed by atoms with Gasteiger partial charge in [0.25, 0.3) is 11.8 Å². The molecule has 0 atom stereocenters. The predicted octanol–water partition coefficient (Wildman–Crippen LogP) is 3.21. The van der Waals surface area contributed by atoms with Gasteiger partial charge in [0.05, 0.1) is 17.8 Å². The molecule has 2 aliphatic rings. The fraction of sp³-hybridized carbons (Fsp3) is 0.250. The summed E-state index contributed by atoms with van der Waals surface area (Å²) < 4.78 is 0. The van der Waals surface area contributed by atoms with Crippen molar-refractivity contribution >= 4 is 22.6 Å². The fourth-order valence-electron chi connectivity index (χ4n) is 4.33. The van der Waals surface area contributed by atoms with Crippen molar-refractivity contribution in [3.05, 3.63) is 83.4 Å². The number of fused-ring (bicyclic) bond motifs is 2. The molecular formula is C24H23N3O2. The van der Waals surface area contributed by atoms with E-state index in [0.717, 1.165) is 32.7 Å². The van der Waals surface area contributed by atoms with E-state index in [-0.39, 0.29) is 11.8 Å². The number of nitrogens with zero attached hydrogens (tertiary/aromatic N) is 3. The molecule has 29 heavy (non-hydrogen) atoms. The maximum absolute atomic E-state index is 12.6. The summed E-state index contributed by atoms with van der Waals surface area (Å²) in [6.07, 6.45) is 0. The van der Waals surface area contributed by atoms with Crippen molar-refractivity contribution in [3.63, 3.8) is 0 Å². The fourth-order valence-corrected chi connectivity index (χ4v) is 4.33. The van der Waals surface area contributed by atoms with Crippen LogP contribution in [0.5, 0.6) is 0 Å². The van der Waals surface area contributed by atoms with Gasteiger partial charge in [-0.1, -0.05) is 54.6 Å². The molecule has 3 aromatic carbocycles. The van der Waals surface area contributed by atoms with Crippen molar-refractivity contribution in [2.24, 2.45) is 0 Å². The number of piperazine rings is 1. The number of amides is 2. The molecule has 0 aliphatic carbocycles. The second-order valence-electron chi connectivity index (χ2n) is 7.76. The molecule has 5 rings (SSSR count). The van der Waals surface area contributed by atoms with E-state index in [2.05, 4.69) is 52.3 Å². The number of carbonyl (C=O) groups is 2. The van der Waals surface area contributed by atoms with Gasteiger partial charge in [0, 0.05) is 32.7 Å². The van der Waals surface area contributed by atoms with E-state index in [1.54, 1.807) is 24.3 Å². The van der Waals surface area contributed by atoms with Crippen molar-refractivity contribution in [1.29, 1.82) is 0 Å². The van der Waals surface area contributed by atoms with Crippen molar-refractivity contribution in [3.8, 4) is 0 Å². The Bertz CT molecular complexity index is 1050. The summed E-state index contributed by atoms with van der Waals surface area (Å²) in [6, 6.07) is 22.1. The third-order valence-electron chi connectivity index (χ3n) is 5.96. The van der Waals surface area contributed by atoms with Gasteiger partial charge in [-0.05, 0) is 28.5 Å². The van der Waals surface area contributed by atoms with E-state index < -0.39 is 0 Å². The SMILES string of the molecule is O=C1c2ccccc2C(=O)N1CN1CCN(Cc2cccc3ccccc23)CC1. The Hall–Kier alpha value is -3.02. The van der Waals surface area contributed by atoms with Gasteiger partial charge in [-0.2, -0.15) is 0 Å². The normalized spacial score (nSPS) is 17.9. The van der Waals surface area contributed by atoms with E-state index in [4.69, 9.17) is 0 Å². The maximum Gasteiger partial charge on any atom is 0.262 e. The number of imide groups is 1. The smallest absolute Gasteiger partial charge is 0.262 e. The standard InChI is InChI=1S/C24H23N3O2/c28-23-21-10-3-4-11-22(21)24(29)27(23)17-26-14-12-25(13-15-26)16-19-8-5-7-18-6-1-2-9-20(18)19/h1-11H,12-17H2. The molecule has 2 aliphatic heterocycles. The van der Waals surface area contributed by atoms with Crippen LogP contribution in [0.1, 0.15) is 26.3 Å². The van der Waals surface area contributed by atoms with Crippen molar-refractivity contribution in [2.45, 2.75) is 6.54 Å². The van der Waals surface area contributed by atoms with Crippen LogP contribution in [0.15, 0.2) is 66.7 Å². The summed E-state index contributed by atoms with van der Waals surface area (Å²) in [5.41, 5.74) is 2.39. The van der Waals surface area contributed by atoms with Crippen LogP contribution in [0.25, 0.3) is 10.8 Å². The van der Waals surface area contributed by atoms with Gasteiger partial charge in [0.2, 0.25) is 0 Å². The average Bonchev–Trinajstić information content (AvgIpc) is 3.00. The lowest BCUT2D eigenvalue weighted by Crippen LogP contribution is -2.50. The lowest BCUT2D eigenvalue weighted by atomic mass is 10.0. The van der Waals surface area contributed by atoms with Crippen LogP contribution >= 0.6 is 0 Å². The van der Waals surface area contributed by atoms with E-state index in [1.807, 2.05) is 0 Å². The molecule has 0 spiro atoms. The molecule has 5 heteroatoms. The van der Waals surface area contributed by atoms with E-state index >= 15 is 0 Å². The summed E-state index contributed by atoms with van der Waals surface area (Å²) >= 11 is 0. The maximum atomic E-state index is 12.6. The minimum absolute atomic E-state index is 0.177. The van der Waals surface area contributed by atoms with E-state index in [9.17, 15) is 9.59 Å². The zero-order valence-electron chi connectivity index (χ0n) is 16.3. The zero-order valence-corrected chi connectivity index (χ0v) is 16.3. The largest absolute Gasteiger partial charge is 0.297 e. The van der Waals surface area contributed by atoms with E-state index in [1.165, 1.54) is 21.2 Å². The second-order valence-corrected chi connectivity index (χ2v) is 7.76. The first-order valence-corrected chi connectivity index (χ1v) is 10.1. The van der Waals surface area contributed by atoms with Gasteiger partial charge in [0.1, 0.15) is 0 Å². The van der Waals surface area contributed by atoms with Crippen LogP contribution in [0.2, 0.25) is 0 Å². The first-order valence-electron chi connectivity index (χ1n) is 10.1. The molecule has 0 aromatic heterocycles. The Balaban J connectivity index is 1.21. The lowest BCUT2D eigenvalue weighted by molar-refractivity contribution is 0.0448. The van der Waals surface area contributed by atoms with Gasteiger partial charge in [-0.3, -0.25) is 24.3 Å². The van der Waals surface area contributed by atoms with E-state index in [0.29, 0.717) is 17.8 Å². The highest BCUT2D eigenvalue weighted by atomic mass is 16.2. The molecular weight excluding hydrogens is 362 g/mol. The topological polar surface area (TPSA) is 43.9 Å². The minimum atomic E-state index is -0.177. The van der Waals surface area contributed by atoms with Crippen LogP contribution in [-0.2, 0) is 6.54 Å². The molecule has 0 saturated carbocycles. The number of hydrogen-bond acceptors (Lipinski definition) is 4. The quantitative estimate of drug-likeness (QED) is 0.647. The molecule has 5 nitrogen and oxygen atoms in total. The molecule has 0 bridgehead atoms. The lowest BCUT2D eigenvalue weighted by Gasteiger charge is -2.36. The highest BCUT2D eigenvalue weighted by molar-refractivity contribution is 6.21. The van der Waals surface area contributed by atoms with Gasteiger partial charge in [0.15, 0.2) is 0 Å². The number of benzene rings is 3. The Morgan fingerprint density at radius 3 is 1.97 bits per heavy atom. The Labute approximate surface area is 170 Å². The summed E-state index contributed by atoms with van der Waals surface area (Å²) in [5.74, 6) is -0.354. The molecule has 0 radical (unpaired) electrons. The molecule has 2 amide bonds. The molecule has 2 heterocycles. The monoisotopic (exact) mass is 385 g/mol. The molecule has 0 unspecified atom stereocenters. The summed E-state index contributed by atoms with van der Waals surface area (Å²) in [6.45, 7) is 4.83. The Morgan fingerprint density at radius 2 is 1.24 bits per heavy atom. The van der Waals surface area contributed by atoms with Crippen molar-refractivity contribution in [1.82, 2.24) is 14.7 Å². The van der Waals surface area contributed by atoms with Crippen LogP contribution < -0.4 is 0 Å². The summed E-state index contributed by atoms with van der Waals surface area (Å²) in [7, 11) is 0. The highest BCUT2D eigenvalue weighted by Crippen LogP contribution is 2.24. The zero-order chi connectivity index (χ0) is 19.8. The van der Waals surface area contributed by atoms with Gasteiger partial charge in [-0.25, -0.2) is 0 Å². The predicted molar refractivity (Wildman–Crippen MR) is 113 cm³/mol. The van der Waals surface area contributed by atoms with Gasteiger partial charge in [-0.15, -0.1) is 0 Å². The van der Waals surface area contributed by atoms with Crippen molar-refractivity contribution < 1.29 is 9.59 Å². The minimum Gasteiger partial charge on any atom is -0.297 e. The van der Waals surface area contributed by atoms with Crippen LogP contribution in [0.4, 0.5) is 0 Å². The van der Waals surface area contributed by atoms with Gasteiger partial charge >= 0.3 is 0 Å². The first kappa shape index (κ1) is 18.0. The highest BCUT2D eigenvalue weighted by Gasteiger charge is 2.36. The average molecular weight is 385 g/mol. The van der Waals surface area contributed by atoms with Crippen LogP contribution in [-0.4, -0.2) is 59.4 Å². The molecule has 146 valence electrons. The van der Waals surface area contributed by atoms with Gasteiger partial charge < -0.3 is 0 Å².